The van der Waals surface area contributed by atoms with Gasteiger partial charge in [-0.05, 0) is 80.3 Å². The molecule has 6 nitrogen and oxygen atoms in total. The number of benzene rings is 3. The number of methoxy groups -OCH3 is 1. The number of nitrogens with one attached hydrogen (secondary N) is 2. The van der Waals surface area contributed by atoms with Crippen molar-refractivity contribution in [2.75, 3.05) is 12.4 Å². The number of anilines is 1. The van der Waals surface area contributed by atoms with E-state index in [2.05, 4.69) is 5.32 Å². The van der Waals surface area contributed by atoms with Crippen molar-refractivity contribution in [3.8, 4) is 17.2 Å². The maximum atomic E-state index is 13.8. The zero-order valence-corrected chi connectivity index (χ0v) is 20.0. The summed E-state index contributed by atoms with van der Waals surface area (Å²) in [6, 6.07) is 7.32. The van der Waals surface area contributed by atoms with E-state index in [1.165, 1.54) is 0 Å². The molecule has 0 unspecified atom stereocenters. The van der Waals surface area contributed by atoms with Crippen LogP contribution in [0.15, 0.2) is 36.4 Å². The first-order valence-corrected chi connectivity index (χ1v) is 10.6. The lowest BCUT2D eigenvalue weighted by Crippen LogP contribution is -2.35. The zero-order chi connectivity index (χ0) is 25.2. The molecule has 0 bridgehead atoms. The largest absolute Gasteiger partial charge is 0.496 e. The molecule has 0 spiro atoms. The highest BCUT2D eigenvalue weighted by Gasteiger charge is 2.21. The van der Waals surface area contributed by atoms with E-state index in [1.807, 2.05) is 31.3 Å². The van der Waals surface area contributed by atoms with Crippen LogP contribution in [0.25, 0.3) is 0 Å². The summed E-state index contributed by atoms with van der Waals surface area (Å²) in [7, 11) is 1.59. The Kier molecular flexibility index (Phi) is 7.41. The number of ether oxygens (including phenoxy) is 2. The van der Waals surface area contributed by atoms with Crippen LogP contribution in [0.1, 0.15) is 32.6 Å². The number of carbonyl (C=O) groups is 2. The molecule has 0 aliphatic carbocycles. The molecule has 178 valence electrons. The van der Waals surface area contributed by atoms with Crippen LogP contribution in [0.2, 0.25) is 5.02 Å². The van der Waals surface area contributed by atoms with Crippen LogP contribution >= 0.6 is 11.6 Å². The molecule has 3 aromatic rings. The second kappa shape index (κ2) is 10.1. The molecule has 0 saturated heterocycles. The van der Waals surface area contributed by atoms with E-state index >= 15 is 0 Å². The fourth-order valence-corrected chi connectivity index (χ4v) is 3.63. The monoisotopic (exact) mass is 488 g/mol. The van der Waals surface area contributed by atoms with Crippen molar-refractivity contribution in [1.82, 2.24) is 5.32 Å². The molecule has 0 fully saturated rings. The van der Waals surface area contributed by atoms with Crippen molar-refractivity contribution in [2.45, 2.75) is 27.7 Å². The first-order chi connectivity index (χ1) is 16.0. The first-order valence-electron chi connectivity index (χ1n) is 10.2. The fraction of sp³-hybridized carbons (Fsp3) is 0.200. The van der Waals surface area contributed by atoms with Gasteiger partial charge in [-0.1, -0.05) is 17.7 Å². The molecular weight excluding hydrogens is 466 g/mol. The minimum Gasteiger partial charge on any atom is -0.496 e. The van der Waals surface area contributed by atoms with Gasteiger partial charge in [0, 0.05) is 5.69 Å². The molecule has 0 atom stereocenters. The summed E-state index contributed by atoms with van der Waals surface area (Å²) in [4.78, 5) is 24.5. The molecule has 9 heteroatoms. The van der Waals surface area contributed by atoms with Crippen molar-refractivity contribution in [3.63, 3.8) is 0 Å². The van der Waals surface area contributed by atoms with Crippen LogP contribution < -0.4 is 20.1 Å². The normalized spacial score (nSPS) is 10.6. The highest BCUT2D eigenvalue weighted by molar-refractivity contribution is 6.33. The molecule has 2 N–H and O–H groups in total. The van der Waals surface area contributed by atoms with Gasteiger partial charge in [-0.2, -0.15) is 0 Å². The minimum absolute atomic E-state index is 0.259. The number of imide groups is 1. The molecule has 34 heavy (non-hydrogen) atoms. The summed E-state index contributed by atoms with van der Waals surface area (Å²) in [5.41, 5.74) is 2.28. The van der Waals surface area contributed by atoms with Gasteiger partial charge in [0.15, 0.2) is 0 Å². The Morgan fingerprint density at radius 3 is 2.12 bits per heavy atom. The Labute approximate surface area is 200 Å². The quantitative estimate of drug-likeness (QED) is 0.423. The van der Waals surface area contributed by atoms with Crippen molar-refractivity contribution >= 4 is 29.2 Å². The summed E-state index contributed by atoms with van der Waals surface area (Å²) in [6.45, 7) is 7.18. The van der Waals surface area contributed by atoms with Gasteiger partial charge in [0.1, 0.15) is 34.4 Å². The third-order valence-electron chi connectivity index (χ3n) is 5.22. The average Bonchev–Trinajstić information content (AvgIpc) is 2.76. The molecular formula is C25H23ClF2N2O4. The van der Waals surface area contributed by atoms with Crippen molar-refractivity contribution in [2.24, 2.45) is 0 Å². The van der Waals surface area contributed by atoms with E-state index in [0.29, 0.717) is 28.3 Å². The highest BCUT2D eigenvalue weighted by atomic mass is 35.5. The molecule has 3 rings (SSSR count). The summed E-state index contributed by atoms with van der Waals surface area (Å²) in [5, 5.41) is 4.66. The average molecular weight is 489 g/mol. The van der Waals surface area contributed by atoms with Gasteiger partial charge >= 0.3 is 6.03 Å². The number of hydrogen-bond donors (Lipinski definition) is 2. The Bertz CT molecular complexity index is 1270. The predicted octanol–water partition coefficient (Wildman–Crippen LogP) is 6.61. The van der Waals surface area contributed by atoms with Gasteiger partial charge in [-0.25, -0.2) is 13.6 Å². The zero-order valence-electron chi connectivity index (χ0n) is 19.2. The van der Waals surface area contributed by atoms with Gasteiger partial charge in [0.25, 0.3) is 5.91 Å². The molecule has 0 saturated carbocycles. The van der Waals surface area contributed by atoms with Crippen LogP contribution in [0, 0.1) is 39.3 Å². The summed E-state index contributed by atoms with van der Waals surface area (Å²) in [5.74, 6) is -1.63. The van der Waals surface area contributed by atoms with Gasteiger partial charge in [-0.3, -0.25) is 10.1 Å². The SMILES string of the molecule is COc1cc(C)c(Oc2c(C)cc(NC(=O)NC(=O)c3c(F)cccc3F)c(C)c2Cl)cc1C. The Hall–Kier alpha value is -3.65. The first kappa shape index (κ1) is 25.0. The van der Waals surface area contributed by atoms with Crippen LogP contribution in [0.5, 0.6) is 17.2 Å². The second-order valence-corrected chi connectivity index (χ2v) is 8.08. The predicted molar refractivity (Wildman–Crippen MR) is 126 cm³/mol. The van der Waals surface area contributed by atoms with Crippen LogP contribution in [-0.4, -0.2) is 19.0 Å². The second-order valence-electron chi connectivity index (χ2n) is 7.70. The van der Waals surface area contributed by atoms with E-state index in [0.717, 1.165) is 35.1 Å². The topological polar surface area (TPSA) is 76.7 Å². The van der Waals surface area contributed by atoms with Gasteiger partial charge < -0.3 is 14.8 Å². The van der Waals surface area contributed by atoms with Gasteiger partial charge in [0.05, 0.1) is 12.1 Å². The number of halogens is 3. The molecule has 0 radical (unpaired) electrons. The maximum absolute atomic E-state index is 13.8. The molecule has 0 aromatic heterocycles. The van der Waals surface area contributed by atoms with E-state index in [9.17, 15) is 18.4 Å². The van der Waals surface area contributed by atoms with Gasteiger partial charge in [-0.15, -0.1) is 0 Å². The number of rotatable bonds is 5. The molecule has 0 aliphatic rings. The number of aryl methyl sites for hydroxylation is 3. The molecule has 0 heterocycles. The van der Waals surface area contributed by atoms with Gasteiger partial charge in [0.2, 0.25) is 0 Å². The lowest BCUT2D eigenvalue weighted by atomic mass is 10.1. The minimum atomic E-state index is -1.21. The molecule has 3 amide bonds. The number of hydrogen-bond acceptors (Lipinski definition) is 4. The van der Waals surface area contributed by atoms with E-state index in [-0.39, 0.29) is 5.02 Å². The summed E-state index contributed by atoms with van der Waals surface area (Å²) < 4.78 is 39.0. The number of carbonyl (C=O) groups excluding carboxylic acids is 2. The smallest absolute Gasteiger partial charge is 0.326 e. The Morgan fingerprint density at radius 1 is 0.912 bits per heavy atom. The summed E-state index contributed by atoms with van der Waals surface area (Å²) in [6.07, 6.45) is 0. The van der Waals surface area contributed by atoms with E-state index < -0.39 is 29.1 Å². The van der Waals surface area contributed by atoms with Crippen LogP contribution in [0.3, 0.4) is 0 Å². The van der Waals surface area contributed by atoms with E-state index in [4.69, 9.17) is 21.1 Å². The Morgan fingerprint density at radius 2 is 1.50 bits per heavy atom. The standard InChI is InChI=1S/C25H23ClF2N2O4/c1-12-11-20(13(2)10-19(12)33-5)34-23-14(3)9-18(15(4)22(23)26)29-25(32)30-24(31)21-16(27)7-6-8-17(21)28/h6-11H,1-5H3,(H2,29,30,31,32). The lowest BCUT2D eigenvalue weighted by Gasteiger charge is -2.18. The third-order valence-corrected chi connectivity index (χ3v) is 5.68. The van der Waals surface area contributed by atoms with Crippen molar-refractivity contribution in [3.05, 3.63) is 80.9 Å². The number of urea groups is 1. The van der Waals surface area contributed by atoms with Crippen molar-refractivity contribution < 1.29 is 27.8 Å². The van der Waals surface area contributed by atoms with Crippen LogP contribution in [-0.2, 0) is 0 Å². The maximum Gasteiger partial charge on any atom is 0.326 e. The summed E-state index contributed by atoms with van der Waals surface area (Å²) >= 11 is 6.54. The lowest BCUT2D eigenvalue weighted by molar-refractivity contribution is 0.0959. The fourth-order valence-electron chi connectivity index (χ4n) is 3.34. The number of amides is 3. The highest BCUT2D eigenvalue weighted by Crippen LogP contribution is 2.40. The van der Waals surface area contributed by atoms with Crippen molar-refractivity contribution in [1.29, 1.82) is 0 Å². The Balaban J connectivity index is 1.82. The van der Waals surface area contributed by atoms with Crippen LogP contribution in [0.4, 0.5) is 19.3 Å². The van der Waals surface area contributed by atoms with E-state index in [1.54, 1.807) is 27.0 Å². The third kappa shape index (κ3) is 5.12. The molecule has 0 aliphatic heterocycles. The molecule has 3 aromatic carbocycles.